The maximum Gasteiger partial charge on any atom is 0.343 e. The number of pyridine rings is 1. The summed E-state index contributed by atoms with van der Waals surface area (Å²) < 4.78 is 19.7. The van der Waals surface area contributed by atoms with Crippen molar-refractivity contribution in [1.29, 1.82) is 0 Å². The average molecular weight is 380 g/mol. The number of carbonyl (C=O) groups is 1. The van der Waals surface area contributed by atoms with Gasteiger partial charge in [-0.3, -0.25) is 0 Å². The summed E-state index contributed by atoms with van der Waals surface area (Å²) in [5, 5.41) is 4.64. The third-order valence-corrected chi connectivity index (χ3v) is 4.00. The molecule has 8 heteroatoms. The van der Waals surface area contributed by atoms with E-state index in [0.29, 0.717) is 22.1 Å². The van der Waals surface area contributed by atoms with Gasteiger partial charge in [0.15, 0.2) is 0 Å². The SMILES string of the molecule is Cc1nn(-c2ccc(F)cc2)c(Cl)c1C(=O)OCc1ccnc(Cl)c1. The second-order valence-electron chi connectivity index (χ2n) is 5.20. The lowest BCUT2D eigenvalue weighted by Gasteiger charge is -2.06. The van der Waals surface area contributed by atoms with E-state index in [2.05, 4.69) is 10.1 Å². The summed E-state index contributed by atoms with van der Waals surface area (Å²) in [7, 11) is 0. The third-order valence-electron chi connectivity index (χ3n) is 3.44. The van der Waals surface area contributed by atoms with Crippen LogP contribution < -0.4 is 0 Å². The second kappa shape index (κ2) is 7.21. The zero-order valence-corrected chi connectivity index (χ0v) is 14.6. The number of rotatable bonds is 4. The van der Waals surface area contributed by atoms with Crippen LogP contribution in [-0.2, 0) is 11.3 Å². The molecule has 0 amide bonds. The molecule has 0 spiro atoms. The van der Waals surface area contributed by atoms with Crippen molar-refractivity contribution in [1.82, 2.24) is 14.8 Å². The zero-order chi connectivity index (χ0) is 18.0. The Kier molecular flexibility index (Phi) is 5.01. The number of carbonyl (C=O) groups excluding carboxylic acids is 1. The van der Waals surface area contributed by atoms with Crippen molar-refractivity contribution in [3.8, 4) is 5.69 Å². The standard InChI is InChI=1S/C17H12Cl2FN3O2/c1-10-15(17(24)25-9-11-6-7-21-14(18)8-11)16(19)23(22-10)13-4-2-12(20)3-5-13/h2-8H,9H2,1H3. The molecule has 0 saturated heterocycles. The van der Waals surface area contributed by atoms with Crippen molar-refractivity contribution < 1.29 is 13.9 Å². The van der Waals surface area contributed by atoms with E-state index in [-0.39, 0.29) is 23.1 Å². The van der Waals surface area contributed by atoms with Crippen molar-refractivity contribution in [2.75, 3.05) is 0 Å². The normalized spacial score (nSPS) is 10.7. The molecule has 0 saturated carbocycles. The largest absolute Gasteiger partial charge is 0.457 e. The first-order chi connectivity index (χ1) is 12.0. The Bertz CT molecular complexity index is 926. The van der Waals surface area contributed by atoms with Crippen LogP contribution in [0.1, 0.15) is 21.6 Å². The first-order valence-corrected chi connectivity index (χ1v) is 8.00. The van der Waals surface area contributed by atoms with E-state index in [1.165, 1.54) is 35.1 Å². The van der Waals surface area contributed by atoms with Gasteiger partial charge in [0.2, 0.25) is 0 Å². The molecule has 0 aliphatic heterocycles. The summed E-state index contributed by atoms with van der Waals surface area (Å²) in [5.74, 6) is -0.983. The van der Waals surface area contributed by atoms with E-state index >= 15 is 0 Å². The number of benzene rings is 1. The number of nitrogens with zero attached hydrogens (tertiary/aromatic N) is 3. The van der Waals surface area contributed by atoms with E-state index in [1.54, 1.807) is 19.1 Å². The highest BCUT2D eigenvalue weighted by Gasteiger charge is 2.22. The molecule has 0 radical (unpaired) electrons. The molecule has 25 heavy (non-hydrogen) atoms. The Morgan fingerprint density at radius 1 is 1.24 bits per heavy atom. The zero-order valence-electron chi connectivity index (χ0n) is 13.0. The van der Waals surface area contributed by atoms with Gasteiger partial charge >= 0.3 is 5.97 Å². The summed E-state index contributed by atoms with van der Waals surface area (Å²) in [6.45, 7) is 1.67. The van der Waals surface area contributed by atoms with Crippen molar-refractivity contribution in [2.45, 2.75) is 13.5 Å². The first-order valence-electron chi connectivity index (χ1n) is 7.24. The van der Waals surface area contributed by atoms with E-state index in [9.17, 15) is 9.18 Å². The van der Waals surface area contributed by atoms with Crippen LogP contribution in [0, 0.1) is 12.7 Å². The molecule has 2 aromatic heterocycles. The van der Waals surface area contributed by atoms with E-state index in [4.69, 9.17) is 27.9 Å². The van der Waals surface area contributed by atoms with E-state index < -0.39 is 5.97 Å². The number of halogens is 3. The molecule has 128 valence electrons. The summed E-state index contributed by atoms with van der Waals surface area (Å²) in [6.07, 6.45) is 1.52. The summed E-state index contributed by atoms with van der Waals surface area (Å²) in [4.78, 5) is 16.2. The summed E-state index contributed by atoms with van der Waals surface area (Å²) >= 11 is 12.1. The van der Waals surface area contributed by atoms with Crippen LogP contribution >= 0.6 is 23.2 Å². The van der Waals surface area contributed by atoms with Gasteiger partial charge in [0.25, 0.3) is 0 Å². The minimum Gasteiger partial charge on any atom is -0.457 e. The van der Waals surface area contributed by atoms with Crippen LogP contribution in [0.25, 0.3) is 5.69 Å². The molecule has 1 aromatic carbocycles. The third kappa shape index (κ3) is 3.81. The van der Waals surface area contributed by atoms with Gasteiger partial charge in [-0.1, -0.05) is 23.2 Å². The molecule has 2 heterocycles. The van der Waals surface area contributed by atoms with Crippen LogP contribution in [0.15, 0.2) is 42.6 Å². The van der Waals surface area contributed by atoms with Gasteiger partial charge in [0, 0.05) is 6.20 Å². The van der Waals surface area contributed by atoms with Crippen LogP contribution in [0.4, 0.5) is 4.39 Å². The number of hydrogen-bond donors (Lipinski definition) is 0. The predicted molar refractivity (Wildman–Crippen MR) is 91.6 cm³/mol. The molecule has 0 aliphatic rings. The molecule has 3 aromatic rings. The fourth-order valence-electron chi connectivity index (χ4n) is 2.24. The Morgan fingerprint density at radius 2 is 1.96 bits per heavy atom. The Balaban J connectivity index is 1.82. The van der Waals surface area contributed by atoms with Crippen molar-refractivity contribution >= 4 is 29.2 Å². The molecule has 0 aliphatic carbocycles. The summed E-state index contributed by atoms with van der Waals surface area (Å²) in [5.41, 5.74) is 1.81. The fourth-order valence-corrected chi connectivity index (χ4v) is 2.78. The molecular formula is C17H12Cl2FN3O2. The van der Waals surface area contributed by atoms with Crippen molar-refractivity contribution in [3.63, 3.8) is 0 Å². The Labute approximate surface area is 153 Å². The van der Waals surface area contributed by atoms with Crippen molar-refractivity contribution in [2.24, 2.45) is 0 Å². The quantitative estimate of drug-likeness (QED) is 0.498. The van der Waals surface area contributed by atoms with Crippen molar-refractivity contribution in [3.05, 3.63) is 75.5 Å². The number of hydrogen-bond acceptors (Lipinski definition) is 4. The van der Waals surface area contributed by atoms with Gasteiger partial charge in [0.1, 0.15) is 28.3 Å². The van der Waals surface area contributed by atoms with Crippen LogP contribution in [0.2, 0.25) is 10.3 Å². The molecule has 0 fully saturated rings. The number of esters is 1. The van der Waals surface area contributed by atoms with Gasteiger partial charge in [-0.2, -0.15) is 5.10 Å². The lowest BCUT2D eigenvalue weighted by Crippen LogP contribution is -2.07. The molecule has 0 N–H and O–H groups in total. The maximum absolute atomic E-state index is 13.1. The highest BCUT2D eigenvalue weighted by molar-refractivity contribution is 6.33. The topological polar surface area (TPSA) is 57.0 Å². The molecule has 0 atom stereocenters. The van der Waals surface area contributed by atoms with Gasteiger partial charge in [-0.15, -0.1) is 0 Å². The summed E-state index contributed by atoms with van der Waals surface area (Å²) in [6, 6.07) is 8.89. The smallest absolute Gasteiger partial charge is 0.343 e. The highest BCUT2D eigenvalue weighted by atomic mass is 35.5. The first kappa shape index (κ1) is 17.4. The highest BCUT2D eigenvalue weighted by Crippen LogP contribution is 2.25. The van der Waals surface area contributed by atoms with E-state index in [1.807, 2.05) is 0 Å². The fraction of sp³-hybridized carbons (Fsp3) is 0.118. The lowest BCUT2D eigenvalue weighted by atomic mass is 10.2. The minimum absolute atomic E-state index is 0.0264. The van der Waals surface area contributed by atoms with Gasteiger partial charge in [-0.25, -0.2) is 18.9 Å². The predicted octanol–water partition coefficient (Wildman–Crippen LogP) is 4.38. The maximum atomic E-state index is 13.1. The molecule has 5 nitrogen and oxygen atoms in total. The van der Waals surface area contributed by atoms with Gasteiger partial charge in [-0.05, 0) is 48.9 Å². The van der Waals surface area contributed by atoms with Gasteiger partial charge in [0.05, 0.1) is 11.4 Å². The number of ether oxygens (including phenoxy) is 1. The van der Waals surface area contributed by atoms with Gasteiger partial charge < -0.3 is 4.74 Å². The Morgan fingerprint density at radius 3 is 2.64 bits per heavy atom. The molecule has 0 bridgehead atoms. The molecule has 3 rings (SSSR count). The molecular weight excluding hydrogens is 368 g/mol. The lowest BCUT2D eigenvalue weighted by molar-refractivity contribution is 0.0472. The van der Waals surface area contributed by atoms with Crippen LogP contribution in [0.5, 0.6) is 0 Å². The second-order valence-corrected chi connectivity index (χ2v) is 5.95. The number of aryl methyl sites for hydroxylation is 1. The van der Waals surface area contributed by atoms with Crippen LogP contribution in [-0.4, -0.2) is 20.7 Å². The van der Waals surface area contributed by atoms with E-state index in [0.717, 1.165) is 0 Å². The Hall–Kier alpha value is -2.44. The van der Waals surface area contributed by atoms with Crippen LogP contribution in [0.3, 0.4) is 0 Å². The minimum atomic E-state index is -0.608. The number of aromatic nitrogens is 3. The molecule has 0 unspecified atom stereocenters. The monoisotopic (exact) mass is 379 g/mol. The average Bonchev–Trinajstić information content (AvgIpc) is 2.88.